The predicted molar refractivity (Wildman–Crippen MR) is 72.4 cm³/mol. The van der Waals surface area contributed by atoms with Crippen LogP contribution in [-0.4, -0.2) is 19.5 Å². The van der Waals surface area contributed by atoms with E-state index in [0.717, 1.165) is 6.42 Å². The molecular weight excluding hydrogens is 269 g/mol. The molecule has 6 heteroatoms. The molecule has 0 saturated carbocycles. The first-order chi connectivity index (χ1) is 9.46. The molecule has 1 aromatic carbocycles. The van der Waals surface area contributed by atoms with Crippen LogP contribution in [0.1, 0.15) is 24.9 Å². The lowest BCUT2D eigenvalue weighted by molar-refractivity contribution is -0.274. The Morgan fingerprint density at radius 2 is 2.15 bits per heavy atom. The predicted octanol–water partition coefficient (Wildman–Crippen LogP) is 3.14. The summed E-state index contributed by atoms with van der Waals surface area (Å²) in [6.45, 7) is 2.93. The van der Waals surface area contributed by atoms with Gasteiger partial charge in [0.1, 0.15) is 5.75 Å². The van der Waals surface area contributed by atoms with Crippen LogP contribution in [0.5, 0.6) is 5.75 Å². The molecule has 1 rings (SSSR count). The van der Waals surface area contributed by atoms with E-state index in [1.807, 2.05) is 19.1 Å². The fraction of sp³-hybridized carbons (Fsp3) is 0.429. The maximum atomic E-state index is 12.2. The van der Waals surface area contributed by atoms with E-state index in [-0.39, 0.29) is 11.8 Å². The van der Waals surface area contributed by atoms with Gasteiger partial charge in [-0.15, -0.1) is 13.2 Å². The monoisotopic (exact) mass is 288 g/mol. The molecule has 0 aliphatic carbocycles. The van der Waals surface area contributed by atoms with Crippen LogP contribution in [0.2, 0.25) is 0 Å². The molecule has 0 radical (unpaired) electrons. The van der Waals surface area contributed by atoms with E-state index in [0.29, 0.717) is 18.7 Å². The van der Waals surface area contributed by atoms with E-state index < -0.39 is 6.36 Å². The SMILES string of the molecule is C/C=C/CCNC(CN)c1cccc(OC(F)(F)F)c1. The van der Waals surface area contributed by atoms with Gasteiger partial charge < -0.3 is 15.8 Å². The van der Waals surface area contributed by atoms with Crippen molar-refractivity contribution in [1.29, 1.82) is 0 Å². The smallest absolute Gasteiger partial charge is 0.406 e. The van der Waals surface area contributed by atoms with E-state index in [9.17, 15) is 13.2 Å². The summed E-state index contributed by atoms with van der Waals surface area (Å²) in [5, 5.41) is 3.20. The fourth-order valence-electron chi connectivity index (χ4n) is 1.77. The van der Waals surface area contributed by atoms with Gasteiger partial charge in [0.25, 0.3) is 0 Å². The molecule has 0 amide bonds. The third-order valence-corrected chi connectivity index (χ3v) is 2.67. The number of hydrogen-bond donors (Lipinski definition) is 2. The van der Waals surface area contributed by atoms with Crippen molar-refractivity contribution in [2.24, 2.45) is 5.73 Å². The van der Waals surface area contributed by atoms with Crippen LogP contribution in [0.25, 0.3) is 0 Å². The minimum absolute atomic E-state index is 0.197. The highest BCUT2D eigenvalue weighted by Gasteiger charge is 2.31. The third-order valence-electron chi connectivity index (χ3n) is 2.67. The van der Waals surface area contributed by atoms with Gasteiger partial charge in [0.15, 0.2) is 0 Å². The Morgan fingerprint density at radius 1 is 1.40 bits per heavy atom. The molecule has 112 valence electrons. The van der Waals surface area contributed by atoms with Crippen LogP contribution in [0, 0.1) is 0 Å². The Balaban J connectivity index is 2.69. The van der Waals surface area contributed by atoms with Gasteiger partial charge in [0, 0.05) is 12.6 Å². The number of allylic oxidation sites excluding steroid dienone is 1. The molecule has 0 aliphatic heterocycles. The van der Waals surface area contributed by atoms with Crippen molar-refractivity contribution in [2.45, 2.75) is 25.7 Å². The lowest BCUT2D eigenvalue weighted by Crippen LogP contribution is -2.29. The highest BCUT2D eigenvalue weighted by Crippen LogP contribution is 2.25. The number of nitrogens with two attached hydrogens (primary N) is 1. The van der Waals surface area contributed by atoms with Crippen molar-refractivity contribution in [3.63, 3.8) is 0 Å². The van der Waals surface area contributed by atoms with Gasteiger partial charge in [-0.05, 0) is 37.6 Å². The van der Waals surface area contributed by atoms with Gasteiger partial charge in [0.2, 0.25) is 0 Å². The molecule has 0 aromatic heterocycles. The van der Waals surface area contributed by atoms with Crippen molar-refractivity contribution >= 4 is 0 Å². The number of alkyl halides is 3. The molecule has 0 spiro atoms. The van der Waals surface area contributed by atoms with Crippen LogP contribution in [-0.2, 0) is 0 Å². The highest BCUT2D eigenvalue weighted by molar-refractivity contribution is 5.31. The van der Waals surface area contributed by atoms with Crippen LogP contribution < -0.4 is 15.8 Å². The van der Waals surface area contributed by atoms with Crippen molar-refractivity contribution in [3.8, 4) is 5.75 Å². The molecule has 0 bridgehead atoms. The molecule has 1 aromatic rings. The molecule has 1 unspecified atom stereocenters. The number of benzene rings is 1. The first kappa shape index (κ1) is 16.5. The molecule has 20 heavy (non-hydrogen) atoms. The summed E-state index contributed by atoms with van der Waals surface area (Å²) in [7, 11) is 0. The molecule has 0 fully saturated rings. The molecule has 0 aliphatic rings. The van der Waals surface area contributed by atoms with Crippen LogP contribution in [0.4, 0.5) is 13.2 Å². The van der Waals surface area contributed by atoms with Gasteiger partial charge in [-0.3, -0.25) is 0 Å². The van der Waals surface area contributed by atoms with Crippen molar-refractivity contribution in [2.75, 3.05) is 13.1 Å². The molecule has 1 atom stereocenters. The number of nitrogens with one attached hydrogen (secondary N) is 1. The van der Waals surface area contributed by atoms with E-state index in [4.69, 9.17) is 5.73 Å². The zero-order valence-corrected chi connectivity index (χ0v) is 11.3. The Hall–Kier alpha value is -1.53. The highest BCUT2D eigenvalue weighted by atomic mass is 19.4. The normalized spacial score (nSPS) is 13.7. The summed E-state index contributed by atoms with van der Waals surface area (Å²) in [6, 6.07) is 5.67. The topological polar surface area (TPSA) is 47.3 Å². The summed E-state index contributed by atoms with van der Waals surface area (Å²) < 4.78 is 40.4. The van der Waals surface area contributed by atoms with Crippen LogP contribution >= 0.6 is 0 Å². The van der Waals surface area contributed by atoms with Gasteiger partial charge >= 0.3 is 6.36 Å². The van der Waals surface area contributed by atoms with Crippen molar-refractivity contribution in [3.05, 3.63) is 42.0 Å². The number of hydrogen-bond acceptors (Lipinski definition) is 3. The first-order valence-electron chi connectivity index (χ1n) is 6.36. The lowest BCUT2D eigenvalue weighted by atomic mass is 10.1. The first-order valence-corrected chi connectivity index (χ1v) is 6.36. The van der Waals surface area contributed by atoms with Crippen molar-refractivity contribution in [1.82, 2.24) is 5.32 Å². The maximum absolute atomic E-state index is 12.2. The minimum Gasteiger partial charge on any atom is -0.406 e. The van der Waals surface area contributed by atoms with Crippen LogP contribution in [0.15, 0.2) is 36.4 Å². The Morgan fingerprint density at radius 3 is 2.75 bits per heavy atom. The molecule has 3 nitrogen and oxygen atoms in total. The third kappa shape index (κ3) is 6.08. The van der Waals surface area contributed by atoms with Gasteiger partial charge in [-0.2, -0.15) is 0 Å². The molecule has 0 saturated heterocycles. The zero-order chi connectivity index (χ0) is 15.0. The second-order valence-corrected chi connectivity index (χ2v) is 4.22. The molecule has 0 heterocycles. The van der Waals surface area contributed by atoms with E-state index in [1.54, 1.807) is 6.07 Å². The Labute approximate surface area is 116 Å². The fourth-order valence-corrected chi connectivity index (χ4v) is 1.77. The largest absolute Gasteiger partial charge is 0.573 e. The second-order valence-electron chi connectivity index (χ2n) is 4.22. The Bertz CT molecular complexity index is 433. The summed E-state index contributed by atoms with van der Waals surface area (Å²) >= 11 is 0. The number of rotatable bonds is 7. The minimum atomic E-state index is -4.68. The Kier molecular flexibility index (Phi) is 6.54. The van der Waals surface area contributed by atoms with Crippen LogP contribution in [0.3, 0.4) is 0 Å². The van der Waals surface area contributed by atoms with E-state index >= 15 is 0 Å². The zero-order valence-electron chi connectivity index (χ0n) is 11.3. The molecule has 3 N–H and O–H groups in total. The lowest BCUT2D eigenvalue weighted by Gasteiger charge is -2.18. The maximum Gasteiger partial charge on any atom is 0.573 e. The van der Waals surface area contributed by atoms with Gasteiger partial charge in [-0.1, -0.05) is 24.3 Å². The van der Waals surface area contributed by atoms with Gasteiger partial charge in [0.05, 0.1) is 0 Å². The standard InChI is InChI=1S/C14H19F3N2O/c1-2-3-4-8-19-13(10-18)11-6-5-7-12(9-11)20-14(15,16)17/h2-3,5-7,9,13,19H,4,8,10,18H2,1H3/b3-2+. The van der Waals surface area contributed by atoms with Gasteiger partial charge in [-0.25, -0.2) is 0 Å². The number of halogens is 3. The summed E-state index contributed by atoms with van der Waals surface area (Å²) in [5.41, 5.74) is 6.33. The van der Waals surface area contributed by atoms with Crippen molar-refractivity contribution < 1.29 is 17.9 Å². The average Bonchev–Trinajstić information content (AvgIpc) is 2.37. The average molecular weight is 288 g/mol. The van der Waals surface area contributed by atoms with E-state index in [2.05, 4.69) is 10.1 Å². The summed E-state index contributed by atoms with van der Waals surface area (Å²) in [5.74, 6) is -0.233. The summed E-state index contributed by atoms with van der Waals surface area (Å²) in [6.07, 6.45) is 0.0998. The quantitative estimate of drug-likeness (QED) is 0.598. The second kappa shape index (κ2) is 7.91. The molecular formula is C14H19F3N2O. The summed E-state index contributed by atoms with van der Waals surface area (Å²) in [4.78, 5) is 0. The number of ether oxygens (including phenoxy) is 1. The van der Waals surface area contributed by atoms with E-state index in [1.165, 1.54) is 18.2 Å².